The molecule has 0 bridgehead atoms. The summed E-state index contributed by atoms with van der Waals surface area (Å²) >= 11 is 0. The highest BCUT2D eigenvalue weighted by Gasteiger charge is 2.22. The number of hydrogen-bond donors (Lipinski definition) is 2. The topological polar surface area (TPSA) is 61.4 Å². The molecule has 0 atom stereocenters. The molecule has 0 radical (unpaired) electrons. The number of fused-ring (bicyclic) bond motifs is 1. The molecule has 0 spiro atoms. The molecule has 3 rings (SSSR count). The van der Waals surface area contributed by atoms with Crippen LogP contribution in [0.1, 0.15) is 37.7 Å². The largest absolute Gasteiger partial charge is 0.347 e. The van der Waals surface area contributed by atoms with Crippen molar-refractivity contribution in [3.8, 4) is 0 Å². The maximum Gasteiger partial charge on any atom is 0.246 e. The van der Waals surface area contributed by atoms with Crippen LogP contribution in [0.15, 0.2) is 24.3 Å². The fourth-order valence-electron chi connectivity index (χ4n) is 3.66. The zero-order chi connectivity index (χ0) is 16.8. The first-order valence-electron chi connectivity index (χ1n) is 9.10. The standard InChI is InChI=1S/C19H27N3O2/c23-18(8-7-15-9-11-20-12-10-15)21-14-19(24)22-13-3-5-16-4-1-2-6-17(16)22/h1-2,4,6,15,20H,3,5,7-14H2,(H,21,23). The number of para-hydroxylation sites is 1. The summed E-state index contributed by atoms with van der Waals surface area (Å²) < 4.78 is 0. The number of anilines is 1. The summed E-state index contributed by atoms with van der Waals surface area (Å²) in [5, 5.41) is 6.14. The molecule has 1 fully saturated rings. The lowest BCUT2D eigenvalue weighted by atomic mass is 9.93. The summed E-state index contributed by atoms with van der Waals surface area (Å²) in [4.78, 5) is 26.3. The normalized spacial score (nSPS) is 18.1. The zero-order valence-electron chi connectivity index (χ0n) is 14.2. The van der Waals surface area contributed by atoms with Gasteiger partial charge in [0.1, 0.15) is 0 Å². The van der Waals surface area contributed by atoms with E-state index in [0.717, 1.165) is 57.4 Å². The summed E-state index contributed by atoms with van der Waals surface area (Å²) in [5.41, 5.74) is 2.21. The number of benzene rings is 1. The Kier molecular flexibility index (Phi) is 5.86. The molecule has 1 aromatic rings. The van der Waals surface area contributed by atoms with Gasteiger partial charge in [0, 0.05) is 18.7 Å². The van der Waals surface area contributed by atoms with E-state index in [9.17, 15) is 9.59 Å². The molecule has 1 aromatic carbocycles. The van der Waals surface area contributed by atoms with E-state index in [4.69, 9.17) is 0 Å². The van der Waals surface area contributed by atoms with E-state index in [0.29, 0.717) is 12.3 Å². The van der Waals surface area contributed by atoms with Crippen molar-refractivity contribution in [3.63, 3.8) is 0 Å². The Balaban J connectivity index is 1.44. The third-order valence-corrected chi connectivity index (χ3v) is 5.09. The van der Waals surface area contributed by atoms with Crippen molar-refractivity contribution in [1.82, 2.24) is 10.6 Å². The molecule has 2 aliphatic heterocycles. The lowest BCUT2D eigenvalue weighted by Crippen LogP contribution is -2.42. The number of hydrogen-bond acceptors (Lipinski definition) is 3. The monoisotopic (exact) mass is 329 g/mol. The Morgan fingerprint density at radius 1 is 1.21 bits per heavy atom. The minimum absolute atomic E-state index is 0.00724. The second-order valence-electron chi connectivity index (χ2n) is 6.79. The van der Waals surface area contributed by atoms with Gasteiger partial charge in [-0.3, -0.25) is 9.59 Å². The van der Waals surface area contributed by atoms with Crippen LogP contribution in [0.4, 0.5) is 5.69 Å². The molecule has 0 aliphatic carbocycles. The number of carbonyl (C=O) groups is 2. The molecule has 2 heterocycles. The van der Waals surface area contributed by atoms with Crippen molar-refractivity contribution in [1.29, 1.82) is 0 Å². The maximum atomic E-state index is 12.5. The summed E-state index contributed by atoms with van der Waals surface area (Å²) in [6.45, 7) is 2.94. The summed E-state index contributed by atoms with van der Waals surface area (Å²) in [6.07, 6.45) is 5.74. The minimum atomic E-state index is -0.0163. The fourth-order valence-corrected chi connectivity index (χ4v) is 3.66. The van der Waals surface area contributed by atoms with Crippen LogP contribution < -0.4 is 15.5 Å². The molecule has 0 aromatic heterocycles. The highest BCUT2D eigenvalue weighted by atomic mass is 16.2. The van der Waals surface area contributed by atoms with Crippen molar-refractivity contribution < 1.29 is 9.59 Å². The van der Waals surface area contributed by atoms with Crippen LogP contribution in [0.3, 0.4) is 0 Å². The molecule has 2 amide bonds. The molecule has 5 nitrogen and oxygen atoms in total. The zero-order valence-corrected chi connectivity index (χ0v) is 14.2. The van der Waals surface area contributed by atoms with Crippen LogP contribution in [0.5, 0.6) is 0 Å². The molecule has 5 heteroatoms. The lowest BCUT2D eigenvalue weighted by Gasteiger charge is -2.29. The third kappa shape index (κ3) is 4.35. The number of amides is 2. The molecule has 0 saturated carbocycles. The van der Waals surface area contributed by atoms with Gasteiger partial charge in [0.2, 0.25) is 11.8 Å². The fraction of sp³-hybridized carbons (Fsp3) is 0.579. The molecular formula is C19H27N3O2. The van der Waals surface area contributed by atoms with Gasteiger partial charge in [-0.1, -0.05) is 18.2 Å². The number of nitrogens with one attached hydrogen (secondary N) is 2. The van der Waals surface area contributed by atoms with Crippen molar-refractivity contribution in [2.75, 3.05) is 31.1 Å². The second-order valence-corrected chi connectivity index (χ2v) is 6.79. The van der Waals surface area contributed by atoms with Crippen LogP contribution in [-0.4, -0.2) is 38.0 Å². The Morgan fingerprint density at radius 3 is 2.83 bits per heavy atom. The van der Waals surface area contributed by atoms with Crippen molar-refractivity contribution >= 4 is 17.5 Å². The van der Waals surface area contributed by atoms with Crippen LogP contribution in [0, 0.1) is 5.92 Å². The van der Waals surface area contributed by atoms with Crippen LogP contribution in [0.25, 0.3) is 0 Å². The van der Waals surface area contributed by atoms with E-state index in [1.807, 2.05) is 23.1 Å². The summed E-state index contributed by atoms with van der Waals surface area (Å²) in [7, 11) is 0. The molecular weight excluding hydrogens is 302 g/mol. The average Bonchev–Trinajstić information content (AvgIpc) is 2.64. The van der Waals surface area contributed by atoms with E-state index < -0.39 is 0 Å². The molecule has 130 valence electrons. The predicted molar refractivity (Wildman–Crippen MR) is 95.0 cm³/mol. The quantitative estimate of drug-likeness (QED) is 0.867. The van der Waals surface area contributed by atoms with Gasteiger partial charge in [0.05, 0.1) is 6.54 Å². The predicted octanol–water partition coefficient (Wildman–Crippen LogP) is 1.86. The lowest BCUT2D eigenvalue weighted by molar-refractivity contribution is -0.125. The Labute approximate surface area is 143 Å². The highest BCUT2D eigenvalue weighted by molar-refractivity contribution is 5.97. The number of carbonyl (C=O) groups excluding carboxylic acids is 2. The van der Waals surface area contributed by atoms with E-state index in [1.165, 1.54) is 5.56 Å². The molecule has 0 unspecified atom stereocenters. The van der Waals surface area contributed by atoms with Gasteiger partial charge in [-0.2, -0.15) is 0 Å². The van der Waals surface area contributed by atoms with E-state index in [-0.39, 0.29) is 18.4 Å². The minimum Gasteiger partial charge on any atom is -0.347 e. The van der Waals surface area contributed by atoms with Crippen molar-refractivity contribution in [2.45, 2.75) is 38.5 Å². The number of aryl methyl sites for hydroxylation is 1. The SMILES string of the molecule is O=C(CCC1CCNCC1)NCC(=O)N1CCCc2ccccc21. The highest BCUT2D eigenvalue weighted by Crippen LogP contribution is 2.26. The van der Waals surface area contributed by atoms with Crippen LogP contribution in [0.2, 0.25) is 0 Å². The van der Waals surface area contributed by atoms with Gasteiger partial charge in [-0.15, -0.1) is 0 Å². The van der Waals surface area contributed by atoms with Gasteiger partial charge >= 0.3 is 0 Å². The third-order valence-electron chi connectivity index (χ3n) is 5.09. The average molecular weight is 329 g/mol. The molecule has 24 heavy (non-hydrogen) atoms. The van der Waals surface area contributed by atoms with Crippen molar-refractivity contribution in [3.05, 3.63) is 29.8 Å². The van der Waals surface area contributed by atoms with E-state index in [2.05, 4.69) is 16.7 Å². The van der Waals surface area contributed by atoms with Crippen molar-refractivity contribution in [2.24, 2.45) is 5.92 Å². The number of rotatable bonds is 5. The first kappa shape index (κ1) is 17.0. The van der Waals surface area contributed by atoms with E-state index >= 15 is 0 Å². The smallest absolute Gasteiger partial charge is 0.246 e. The second kappa shape index (κ2) is 8.29. The first-order chi connectivity index (χ1) is 11.7. The number of nitrogens with zero attached hydrogens (tertiary/aromatic N) is 1. The maximum absolute atomic E-state index is 12.5. The Bertz CT molecular complexity index is 582. The van der Waals surface area contributed by atoms with Crippen LogP contribution in [-0.2, 0) is 16.0 Å². The summed E-state index contributed by atoms with van der Waals surface area (Å²) in [5.74, 6) is 0.617. The molecule has 2 N–H and O–H groups in total. The first-order valence-corrected chi connectivity index (χ1v) is 9.10. The van der Waals surface area contributed by atoms with Gasteiger partial charge in [0.25, 0.3) is 0 Å². The van der Waals surface area contributed by atoms with Gasteiger partial charge < -0.3 is 15.5 Å². The Morgan fingerprint density at radius 2 is 2.00 bits per heavy atom. The summed E-state index contributed by atoms with van der Waals surface area (Å²) in [6, 6.07) is 8.04. The number of piperidine rings is 1. The molecule has 2 aliphatic rings. The van der Waals surface area contributed by atoms with E-state index in [1.54, 1.807) is 0 Å². The van der Waals surface area contributed by atoms with Crippen LogP contribution >= 0.6 is 0 Å². The van der Waals surface area contributed by atoms with Gasteiger partial charge in [-0.05, 0) is 62.7 Å². The Hall–Kier alpha value is -1.88. The molecule has 1 saturated heterocycles. The van der Waals surface area contributed by atoms with Gasteiger partial charge in [-0.25, -0.2) is 0 Å². The van der Waals surface area contributed by atoms with Gasteiger partial charge in [0.15, 0.2) is 0 Å².